The predicted octanol–water partition coefficient (Wildman–Crippen LogP) is 2.33. The molecule has 0 fully saturated rings. The fourth-order valence-corrected chi connectivity index (χ4v) is 1.76. The summed E-state index contributed by atoms with van der Waals surface area (Å²) in [7, 11) is 0. The van der Waals surface area contributed by atoms with Gasteiger partial charge in [0.25, 0.3) is 5.69 Å². The second-order valence-electron chi connectivity index (χ2n) is 4.61. The number of anilines is 1. The monoisotopic (exact) mass is 319 g/mol. The third-order valence-corrected chi connectivity index (χ3v) is 2.89. The fourth-order valence-electron chi connectivity index (χ4n) is 1.76. The number of nitrogens with one attached hydrogen (secondary N) is 1. The molecule has 1 N–H and O–H groups in total. The molecule has 23 heavy (non-hydrogen) atoms. The summed E-state index contributed by atoms with van der Waals surface area (Å²) in [6.45, 7) is 0.443. The van der Waals surface area contributed by atoms with E-state index in [9.17, 15) is 19.3 Å². The molecule has 0 radical (unpaired) electrons. The van der Waals surface area contributed by atoms with Gasteiger partial charge < -0.3 is 10.1 Å². The number of aromatic nitrogens is 1. The van der Waals surface area contributed by atoms with Crippen molar-refractivity contribution >= 4 is 17.5 Å². The number of nitrogens with zero attached hydrogens (tertiary/aromatic N) is 2. The van der Waals surface area contributed by atoms with Gasteiger partial charge in [0, 0.05) is 6.07 Å². The zero-order valence-corrected chi connectivity index (χ0v) is 12.1. The SMILES string of the molecule is O=C(Cc1ccc(F)cc1)OCCNc1ccc([N+](=O)[O-])cn1. The van der Waals surface area contributed by atoms with E-state index in [1.165, 1.54) is 36.4 Å². The largest absolute Gasteiger partial charge is 0.464 e. The molecule has 2 aromatic rings. The Morgan fingerprint density at radius 1 is 1.26 bits per heavy atom. The van der Waals surface area contributed by atoms with Crippen LogP contribution in [0.25, 0.3) is 0 Å². The van der Waals surface area contributed by atoms with Crippen molar-refractivity contribution in [1.29, 1.82) is 0 Å². The van der Waals surface area contributed by atoms with Gasteiger partial charge in [0.15, 0.2) is 0 Å². The number of esters is 1. The van der Waals surface area contributed by atoms with E-state index >= 15 is 0 Å². The lowest BCUT2D eigenvalue weighted by Crippen LogP contribution is -2.15. The van der Waals surface area contributed by atoms with Crippen molar-refractivity contribution in [3.05, 3.63) is 64.1 Å². The molecule has 0 aliphatic rings. The summed E-state index contributed by atoms with van der Waals surface area (Å²) in [6.07, 6.45) is 1.21. The zero-order valence-electron chi connectivity index (χ0n) is 12.1. The molecule has 1 aromatic heterocycles. The smallest absolute Gasteiger partial charge is 0.310 e. The van der Waals surface area contributed by atoms with Gasteiger partial charge in [0.05, 0.1) is 17.9 Å². The maximum absolute atomic E-state index is 12.7. The number of carbonyl (C=O) groups excluding carboxylic acids is 1. The maximum Gasteiger partial charge on any atom is 0.310 e. The van der Waals surface area contributed by atoms with E-state index in [-0.39, 0.29) is 24.5 Å². The van der Waals surface area contributed by atoms with Gasteiger partial charge in [-0.05, 0) is 23.8 Å². The number of pyridine rings is 1. The first-order chi connectivity index (χ1) is 11.0. The molecule has 0 spiro atoms. The van der Waals surface area contributed by atoms with Gasteiger partial charge in [-0.15, -0.1) is 0 Å². The number of halogens is 1. The molecule has 0 aliphatic heterocycles. The average molecular weight is 319 g/mol. The number of hydrogen-bond donors (Lipinski definition) is 1. The van der Waals surface area contributed by atoms with Gasteiger partial charge in [-0.1, -0.05) is 12.1 Å². The minimum atomic E-state index is -0.534. The molecule has 0 bridgehead atoms. The van der Waals surface area contributed by atoms with Crippen molar-refractivity contribution in [3.63, 3.8) is 0 Å². The van der Waals surface area contributed by atoms with Crippen LogP contribution in [0, 0.1) is 15.9 Å². The van der Waals surface area contributed by atoms with Crippen molar-refractivity contribution < 1.29 is 18.8 Å². The third kappa shape index (κ3) is 5.34. The Kier molecular flexibility index (Phi) is 5.56. The van der Waals surface area contributed by atoms with Crippen LogP contribution in [-0.2, 0) is 16.0 Å². The van der Waals surface area contributed by atoms with Crippen LogP contribution in [0.2, 0.25) is 0 Å². The maximum atomic E-state index is 12.7. The normalized spacial score (nSPS) is 10.1. The third-order valence-electron chi connectivity index (χ3n) is 2.89. The van der Waals surface area contributed by atoms with E-state index in [0.717, 1.165) is 6.20 Å². The summed E-state index contributed by atoms with van der Waals surface area (Å²) in [6, 6.07) is 8.41. The van der Waals surface area contributed by atoms with E-state index < -0.39 is 10.9 Å². The van der Waals surface area contributed by atoms with Crippen molar-refractivity contribution in [2.75, 3.05) is 18.5 Å². The first-order valence-electron chi connectivity index (χ1n) is 6.79. The highest BCUT2D eigenvalue weighted by atomic mass is 19.1. The van der Waals surface area contributed by atoms with E-state index in [2.05, 4.69) is 10.3 Å². The highest BCUT2D eigenvalue weighted by molar-refractivity contribution is 5.72. The quantitative estimate of drug-likeness (QED) is 0.364. The van der Waals surface area contributed by atoms with Crippen LogP contribution >= 0.6 is 0 Å². The first-order valence-corrected chi connectivity index (χ1v) is 6.79. The minimum Gasteiger partial charge on any atom is -0.464 e. The zero-order chi connectivity index (χ0) is 16.7. The van der Waals surface area contributed by atoms with Crippen molar-refractivity contribution in [3.8, 4) is 0 Å². The number of carbonyl (C=O) groups is 1. The van der Waals surface area contributed by atoms with Crippen molar-refractivity contribution in [2.24, 2.45) is 0 Å². The van der Waals surface area contributed by atoms with Crippen molar-refractivity contribution in [1.82, 2.24) is 4.98 Å². The summed E-state index contributed by atoms with van der Waals surface area (Å²) in [5.41, 5.74) is 0.572. The number of benzene rings is 1. The Morgan fingerprint density at radius 3 is 2.61 bits per heavy atom. The Labute approximate surface area is 131 Å². The molecule has 0 aliphatic carbocycles. The lowest BCUT2D eigenvalue weighted by Gasteiger charge is -2.07. The second kappa shape index (κ2) is 7.83. The van der Waals surface area contributed by atoms with E-state index in [0.29, 0.717) is 17.9 Å². The lowest BCUT2D eigenvalue weighted by atomic mass is 10.1. The van der Waals surface area contributed by atoms with E-state index in [1.807, 2.05) is 0 Å². The van der Waals surface area contributed by atoms with E-state index in [4.69, 9.17) is 4.74 Å². The van der Waals surface area contributed by atoms with Gasteiger partial charge in [-0.3, -0.25) is 14.9 Å². The predicted molar refractivity (Wildman–Crippen MR) is 80.4 cm³/mol. The molecule has 1 aromatic carbocycles. The molecule has 0 atom stereocenters. The van der Waals surface area contributed by atoms with Crippen LogP contribution in [-0.4, -0.2) is 29.0 Å². The molecular formula is C15H14FN3O4. The van der Waals surface area contributed by atoms with Crippen LogP contribution in [0.4, 0.5) is 15.9 Å². The van der Waals surface area contributed by atoms with Crippen LogP contribution in [0.15, 0.2) is 42.6 Å². The Bertz CT molecular complexity index is 674. The summed E-state index contributed by atoms with van der Waals surface area (Å²) in [5.74, 6) is -0.331. The molecule has 2 rings (SSSR count). The molecule has 0 unspecified atom stereocenters. The van der Waals surface area contributed by atoms with Crippen LogP contribution in [0.5, 0.6) is 0 Å². The van der Waals surface area contributed by atoms with Gasteiger partial charge >= 0.3 is 5.97 Å². The Balaban J connectivity index is 1.69. The average Bonchev–Trinajstić information content (AvgIpc) is 2.54. The lowest BCUT2D eigenvalue weighted by molar-refractivity contribution is -0.385. The first kappa shape index (κ1) is 16.3. The van der Waals surface area contributed by atoms with Gasteiger partial charge in [-0.25, -0.2) is 9.37 Å². The van der Waals surface area contributed by atoms with Crippen LogP contribution < -0.4 is 5.32 Å². The fraction of sp³-hybridized carbons (Fsp3) is 0.200. The summed E-state index contributed by atoms with van der Waals surface area (Å²) < 4.78 is 17.8. The Hall–Kier alpha value is -3.03. The summed E-state index contributed by atoms with van der Waals surface area (Å²) in [5, 5.41) is 13.4. The van der Waals surface area contributed by atoms with Crippen LogP contribution in [0.1, 0.15) is 5.56 Å². The molecule has 0 amide bonds. The minimum absolute atomic E-state index is 0.0655. The van der Waals surface area contributed by atoms with Crippen LogP contribution in [0.3, 0.4) is 0 Å². The molecule has 120 valence electrons. The Morgan fingerprint density at radius 2 is 2.00 bits per heavy atom. The highest BCUT2D eigenvalue weighted by Crippen LogP contribution is 2.11. The van der Waals surface area contributed by atoms with Gasteiger partial charge in [-0.2, -0.15) is 0 Å². The number of hydrogen-bond acceptors (Lipinski definition) is 6. The second-order valence-corrected chi connectivity index (χ2v) is 4.61. The molecule has 0 saturated carbocycles. The molecule has 7 nitrogen and oxygen atoms in total. The number of rotatable bonds is 7. The topological polar surface area (TPSA) is 94.4 Å². The molecule has 1 heterocycles. The standard InChI is InChI=1S/C15H14FN3O4/c16-12-3-1-11(2-4-12)9-15(20)23-8-7-17-14-6-5-13(10-18-14)19(21)22/h1-6,10H,7-9H2,(H,17,18). The number of nitro groups is 1. The van der Waals surface area contributed by atoms with Gasteiger partial charge in [0.2, 0.25) is 0 Å². The van der Waals surface area contributed by atoms with Crippen molar-refractivity contribution in [2.45, 2.75) is 6.42 Å². The molecule has 8 heteroatoms. The van der Waals surface area contributed by atoms with Gasteiger partial charge in [0.1, 0.15) is 24.4 Å². The number of ether oxygens (including phenoxy) is 1. The van der Waals surface area contributed by atoms with E-state index in [1.54, 1.807) is 0 Å². The molecule has 0 saturated heterocycles. The summed E-state index contributed by atoms with van der Waals surface area (Å²) in [4.78, 5) is 25.4. The molecular weight excluding hydrogens is 305 g/mol. The summed E-state index contributed by atoms with van der Waals surface area (Å²) >= 11 is 0. The highest BCUT2D eigenvalue weighted by Gasteiger charge is 2.06.